The average molecular weight is 378 g/mol. The Balaban J connectivity index is 1.68. The zero-order valence-corrected chi connectivity index (χ0v) is 13.8. The third-order valence-electron chi connectivity index (χ3n) is 3.90. The number of anilines is 1. The maximum absolute atomic E-state index is 13.3. The fraction of sp³-hybridized carbons (Fsp3) is 0.111. The minimum atomic E-state index is -4.87. The van der Waals surface area contributed by atoms with Crippen LogP contribution in [0.4, 0.5) is 23.2 Å². The number of rotatable bonds is 4. The highest BCUT2D eigenvalue weighted by molar-refractivity contribution is 5.94. The molecule has 2 aromatic carbocycles. The first-order chi connectivity index (χ1) is 12.8. The van der Waals surface area contributed by atoms with Crippen LogP contribution in [-0.2, 0) is 12.7 Å². The number of nitrogens with zero attached hydrogens (tertiary/aromatic N) is 1. The maximum Gasteiger partial charge on any atom is 0.419 e. The minimum Gasteiger partial charge on any atom is -0.396 e. The lowest BCUT2D eigenvalue weighted by molar-refractivity contribution is -0.140. The molecule has 0 fully saturated rings. The van der Waals surface area contributed by atoms with E-state index in [1.807, 2.05) is 0 Å². The van der Waals surface area contributed by atoms with Gasteiger partial charge in [-0.2, -0.15) is 18.3 Å². The normalized spacial score (nSPS) is 11.4. The summed E-state index contributed by atoms with van der Waals surface area (Å²) in [4.78, 5) is 12.1. The Morgan fingerprint density at radius 3 is 2.44 bits per heavy atom. The zero-order chi connectivity index (χ0) is 19.6. The highest BCUT2D eigenvalue weighted by Crippen LogP contribution is 2.32. The molecule has 27 heavy (non-hydrogen) atoms. The summed E-state index contributed by atoms with van der Waals surface area (Å²) >= 11 is 0. The van der Waals surface area contributed by atoms with Gasteiger partial charge in [-0.15, -0.1) is 0 Å². The van der Waals surface area contributed by atoms with E-state index in [0.29, 0.717) is 23.5 Å². The van der Waals surface area contributed by atoms with Crippen molar-refractivity contribution >= 4 is 11.6 Å². The van der Waals surface area contributed by atoms with Crippen molar-refractivity contribution in [3.63, 3.8) is 0 Å². The molecule has 1 amide bonds. The van der Waals surface area contributed by atoms with Crippen LogP contribution in [0.15, 0.2) is 48.7 Å². The maximum atomic E-state index is 13.3. The number of nitrogens with two attached hydrogens (primary N) is 1. The van der Waals surface area contributed by atoms with Crippen molar-refractivity contribution in [3.8, 4) is 11.3 Å². The highest BCUT2D eigenvalue weighted by Gasteiger charge is 2.34. The number of nitrogens with one attached hydrogen (secondary N) is 2. The first-order valence-corrected chi connectivity index (χ1v) is 7.79. The second-order valence-electron chi connectivity index (χ2n) is 5.77. The van der Waals surface area contributed by atoms with E-state index in [-0.39, 0.29) is 12.1 Å². The first-order valence-electron chi connectivity index (χ1n) is 7.79. The van der Waals surface area contributed by atoms with E-state index in [9.17, 15) is 22.4 Å². The van der Waals surface area contributed by atoms with Crippen molar-refractivity contribution in [2.24, 2.45) is 0 Å². The Hall–Kier alpha value is -3.36. The van der Waals surface area contributed by atoms with Crippen LogP contribution in [0.5, 0.6) is 0 Å². The fourth-order valence-corrected chi connectivity index (χ4v) is 2.48. The number of aromatic amines is 1. The van der Waals surface area contributed by atoms with Crippen molar-refractivity contribution < 1.29 is 22.4 Å². The van der Waals surface area contributed by atoms with E-state index in [2.05, 4.69) is 15.5 Å². The van der Waals surface area contributed by atoms with Gasteiger partial charge in [0, 0.05) is 17.7 Å². The SMILES string of the molecule is Nc1cn[nH]c1-c1ccc(CNC(=O)c2ccc(F)c(C(F)(F)F)c2)cc1. The molecule has 1 heterocycles. The molecule has 9 heteroatoms. The van der Waals surface area contributed by atoms with Gasteiger partial charge in [0.2, 0.25) is 0 Å². The molecule has 0 bridgehead atoms. The lowest BCUT2D eigenvalue weighted by Crippen LogP contribution is -2.23. The summed E-state index contributed by atoms with van der Waals surface area (Å²) in [6, 6.07) is 9.14. The molecular weight excluding hydrogens is 364 g/mol. The van der Waals surface area contributed by atoms with Gasteiger partial charge in [0.15, 0.2) is 0 Å². The molecule has 4 N–H and O–H groups in total. The molecule has 0 aliphatic carbocycles. The van der Waals surface area contributed by atoms with Gasteiger partial charge in [0.1, 0.15) is 5.82 Å². The number of nitrogen functional groups attached to an aromatic ring is 1. The number of hydrogen-bond acceptors (Lipinski definition) is 3. The fourth-order valence-electron chi connectivity index (χ4n) is 2.48. The first kappa shape index (κ1) is 18.4. The molecule has 3 aromatic rings. The molecule has 3 rings (SSSR count). The van der Waals surface area contributed by atoms with Crippen molar-refractivity contribution in [2.75, 3.05) is 5.73 Å². The molecule has 0 saturated carbocycles. The van der Waals surface area contributed by atoms with Crippen molar-refractivity contribution in [3.05, 3.63) is 71.2 Å². The second-order valence-corrected chi connectivity index (χ2v) is 5.77. The third kappa shape index (κ3) is 4.08. The zero-order valence-electron chi connectivity index (χ0n) is 13.8. The Morgan fingerprint density at radius 2 is 1.85 bits per heavy atom. The lowest BCUT2D eigenvalue weighted by Gasteiger charge is -2.11. The van der Waals surface area contributed by atoms with Crippen LogP contribution in [0, 0.1) is 5.82 Å². The van der Waals surface area contributed by atoms with Gasteiger partial charge in [-0.1, -0.05) is 24.3 Å². The van der Waals surface area contributed by atoms with Crippen LogP contribution in [0.25, 0.3) is 11.3 Å². The van der Waals surface area contributed by atoms with Crippen LogP contribution in [-0.4, -0.2) is 16.1 Å². The van der Waals surface area contributed by atoms with Crippen LogP contribution in [0.3, 0.4) is 0 Å². The van der Waals surface area contributed by atoms with Crippen molar-refractivity contribution in [1.82, 2.24) is 15.5 Å². The lowest BCUT2D eigenvalue weighted by atomic mass is 10.1. The van der Waals surface area contributed by atoms with E-state index < -0.39 is 23.5 Å². The van der Waals surface area contributed by atoms with Gasteiger partial charge >= 0.3 is 6.18 Å². The molecule has 0 spiro atoms. The van der Waals surface area contributed by atoms with Crippen LogP contribution in [0.2, 0.25) is 0 Å². The number of alkyl halides is 3. The highest BCUT2D eigenvalue weighted by atomic mass is 19.4. The van der Waals surface area contributed by atoms with Crippen LogP contribution in [0.1, 0.15) is 21.5 Å². The monoisotopic (exact) mass is 378 g/mol. The number of amides is 1. The molecule has 0 aliphatic rings. The Kier molecular flexibility index (Phi) is 4.85. The largest absolute Gasteiger partial charge is 0.419 e. The molecule has 0 radical (unpaired) electrons. The predicted octanol–water partition coefficient (Wildman–Crippen LogP) is 3.75. The number of carbonyl (C=O) groups is 1. The number of hydrogen-bond donors (Lipinski definition) is 3. The van der Waals surface area contributed by atoms with Gasteiger partial charge in [-0.3, -0.25) is 9.89 Å². The van der Waals surface area contributed by atoms with Gasteiger partial charge in [-0.05, 0) is 23.8 Å². The Morgan fingerprint density at radius 1 is 1.15 bits per heavy atom. The standard InChI is InChI=1S/C18H14F4N4O/c19-14-6-5-12(7-13(14)18(20,21)22)17(27)24-8-10-1-3-11(4-2-10)16-15(23)9-25-26-16/h1-7,9H,8,23H2,(H,24,27)(H,25,26). The molecule has 0 unspecified atom stereocenters. The summed E-state index contributed by atoms with van der Waals surface area (Å²) in [7, 11) is 0. The van der Waals surface area contributed by atoms with Crippen LogP contribution >= 0.6 is 0 Å². The van der Waals surface area contributed by atoms with Crippen molar-refractivity contribution in [2.45, 2.75) is 12.7 Å². The smallest absolute Gasteiger partial charge is 0.396 e. The third-order valence-corrected chi connectivity index (χ3v) is 3.90. The van der Waals surface area contributed by atoms with Gasteiger partial charge in [-0.25, -0.2) is 4.39 Å². The number of H-pyrrole nitrogens is 1. The summed E-state index contributed by atoms with van der Waals surface area (Å²) in [5, 5.41) is 9.10. The Bertz CT molecular complexity index is 964. The van der Waals surface area contributed by atoms with Crippen molar-refractivity contribution in [1.29, 1.82) is 0 Å². The van der Waals surface area contributed by atoms with E-state index in [0.717, 1.165) is 17.2 Å². The molecule has 0 aliphatic heterocycles. The number of carbonyl (C=O) groups excluding carboxylic acids is 1. The van der Waals surface area contributed by atoms with Crippen LogP contribution < -0.4 is 11.1 Å². The number of halogens is 4. The van der Waals surface area contributed by atoms with Gasteiger partial charge in [0.25, 0.3) is 5.91 Å². The summed E-state index contributed by atoms with van der Waals surface area (Å²) in [5.74, 6) is -2.16. The summed E-state index contributed by atoms with van der Waals surface area (Å²) < 4.78 is 51.5. The molecule has 1 aromatic heterocycles. The topological polar surface area (TPSA) is 83.8 Å². The number of aromatic nitrogens is 2. The minimum absolute atomic E-state index is 0.0936. The predicted molar refractivity (Wildman–Crippen MR) is 91.0 cm³/mol. The summed E-state index contributed by atoms with van der Waals surface area (Å²) in [6.45, 7) is 0.0936. The van der Waals surface area contributed by atoms with E-state index in [4.69, 9.17) is 5.73 Å². The quantitative estimate of drug-likeness (QED) is 0.605. The molecular formula is C18H14F4N4O. The summed E-state index contributed by atoms with van der Waals surface area (Å²) in [6.07, 6.45) is -3.38. The molecule has 5 nitrogen and oxygen atoms in total. The average Bonchev–Trinajstić information content (AvgIpc) is 3.05. The van der Waals surface area contributed by atoms with E-state index >= 15 is 0 Å². The second kappa shape index (κ2) is 7.10. The molecule has 0 saturated heterocycles. The van der Waals surface area contributed by atoms with Gasteiger partial charge in [0.05, 0.1) is 23.1 Å². The van der Waals surface area contributed by atoms with E-state index in [1.165, 1.54) is 6.20 Å². The molecule has 140 valence electrons. The summed E-state index contributed by atoms with van der Waals surface area (Å²) in [5.41, 5.74) is 6.70. The Labute approximate surface area is 151 Å². The van der Waals surface area contributed by atoms with E-state index in [1.54, 1.807) is 24.3 Å². The number of benzene rings is 2. The molecule has 0 atom stereocenters. The van der Waals surface area contributed by atoms with Gasteiger partial charge < -0.3 is 11.1 Å².